The molecular formula is C26H25NO6. The van der Waals surface area contributed by atoms with Crippen LogP contribution in [-0.4, -0.2) is 24.0 Å². The number of nitrogens with zero attached hydrogens (tertiary/aromatic N) is 1. The number of hydrogen-bond donors (Lipinski definition) is 0. The minimum atomic E-state index is -0.440. The number of rotatable bonds is 6. The number of aromatic nitrogens is 1. The zero-order chi connectivity index (χ0) is 23.6. The Hall–Kier alpha value is -3.87. The van der Waals surface area contributed by atoms with Crippen molar-refractivity contribution in [2.45, 2.75) is 39.0 Å². The summed E-state index contributed by atoms with van der Waals surface area (Å²) in [6.45, 7) is 6.45. The summed E-state index contributed by atoms with van der Waals surface area (Å²) in [5.74, 6) is 1.13. The predicted octanol–water partition coefficient (Wildman–Crippen LogP) is 5.14. The van der Waals surface area contributed by atoms with E-state index in [-0.39, 0.29) is 23.4 Å². The van der Waals surface area contributed by atoms with Gasteiger partial charge in [-0.25, -0.2) is 0 Å². The van der Waals surface area contributed by atoms with Crippen molar-refractivity contribution in [3.05, 3.63) is 76.7 Å². The molecule has 1 aliphatic heterocycles. The van der Waals surface area contributed by atoms with Crippen LogP contribution in [0.25, 0.3) is 6.08 Å². The standard InChI is InChI=1S/C26H25NO6/c1-26(2,3)17-7-5-16(6-8-17)13-22-25(29)20-11-9-18(14-21(20)32-22)31-24(28)12-10-19-15-23(30-4)27-33-19/h5-9,11,13-15H,10,12H2,1-4H3/b22-13-. The molecule has 0 spiro atoms. The second-order valence-corrected chi connectivity index (χ2v) is 8.78. The van der Waals surface area contributed by atoms with E-state index < -0.39 is 5.97 Å². The molecule has 2 aromatic carbocycles. The van der Waals surface area contributed by atoms with Crippen molar-refractivity contribution in [2.75, 3.05) is 7.11 Å². The number of ether oxygens (including phenoxy) is 3. The molecule has 2 heterocycles. The zero-order valence-electron chi connectivity index (χ0n) is 19.0. The fourth-order valence-electron chi connectivity index (χ4n) is 3.38. The van der Waals surface area contributed by atoms with Crippen molar-refractivity contribution in [3.8, 4) is 17.4 Å². The van der Waals surface area contributed by atoms with Gasteiger partial charge in [-0.15, -0.1) is 0 Å². The van der Waals surface area contributed by atoms with E-state index in [2.05, 4.69) is 25.9 Å². The largest absolute Gasteiger partial charge is 0.479 e. The maximum atomic E-state index is 12.7. The number of hydrogen-bond acceptors (Lipinski definition) is 7. The normalized spacial score (nSPS) is 14.2. The van der Waals surface area contributed by atoms with Crippen molar-refractivity contribution in [2.24, 2.45) is 0 Å². The van der Waals surface area contributed by atoms with Crippen LogP contribution in [0.3, 0.4) is 0 Å². The number of carbonyl (C=O) groups is 2. The molecule has 3 aromatic rings. The summed E-state index contributed by atoms with van der Waals surface area (Å²) >= 11 is 0. The van der Waals surface area contributed by atoms with Gasteiger partial charge in [0.05, 0.1) is 19.1 Å². The molecule has 0 saturated heterocycles. The van der Waals surface area contributed by atoms with Gasteiger partial charge in [-0.05, 0) is 39.9 Å². The molecule has 0 bridgehead atoms. The maximum Gasteiger partial charge on any atom is 0.311 e. The molecule has 1 aliphatic rings. The Morgan fingerprint density at radius 3 is 2.52 bits per heavy atom. The van der Waals surface area contributed by atoms with E-state index in [4.69, 9.17) is 18.7 Å². The minimum Gasteiger partial charge on any atom is -0.479 e. The highest BCUT2D eigenvalue weighted by Crippen LogP contribution is 2.35. The average molecular weight is 447 g/mol. The van der Waals surface area contributed by atoms with E-state index in [9.17, 15) is 9.59 Å². The van der Waals surface area contributed by atoms with E-state index in [0.29, 0.717) is 35.1 Å². The fourth-order valence-corrected chi connectivity index (χ4v) is 3.38. The van der Waals surface area contributed by atoms with E-state index in [0.717, 1.165) is 5.56 Å². The second kappa shape index (κ2) is 8.94. The lowest BCUT2D eigenvalue weighted by molar-refractivity contribution is -0.134. The molecule has 0 atom stereocenters. The van der Waals surface area contributed by atoms with Gasteiger partial charge in [-0.2, -0.15) is 0 Å². The first-order valence-electron chi connectivity index (χ1n) is 10.6. The van der Waals surface area contributed by atoms with Crippen LogP contribution in [0.1, 0.15) is 54.4 Å². The van der Waals surface area contributed by atoms with Crippen LogP contribution < -0.4 is 14.2 Å². The van der Waals surface area contributed by atoms with Crippen LogP contribution in [0.5, 0.6) is 17.4 Å². The molecule has 7 nitrogen and oxygen atoms in total. The Bertz CT molecular complexity index is 1210. The summed E-state index contributed by atoms with van der Waals surface area (Å²) in [4.78, 5) is 24.9. The Kier molecular flexibility index (Phi) is 6.05. The third kappa shape index (κ3) is 5.14. The summed E-state index contributed by atoms with van der Waals surface area (Å²) in [5.41, 5.74) is 2.56. The Morgan fingerprint density at radius 1 is 1.09 bits per heavy atom. The number of fused-ring (bicyclic) bond motifs is 1. The lowest BCUT2D eigenvalue weighted by Crippen LogP contribution is -2.10. The van der Waals surface area contributed by atoms with Crippen molar-refractivity contribution >= 4 is 17.8 Å². The molecule has 4 rings (SSSR count). The highest BCUT2D eigenvalue weighted by atomic mass is 16.5. The van der Waals surface area contributed by atoms with Crippen molar-refractivity contribution in [1.82, 2.24) is 5.16 Å². The van der Waals surface area contributed by atoms with Gasteiger partial charge < -0.3 is 18.7 Å². The Labute approximate surface area is 191 Å². The van der Waals surface area contributed by atoms with E-state index in [1.807, 2.05) is 24.3 Å². The van der Waals surface area contributed by atoms with Gasteiger partial charge in [-0.3, -0.25) is 9.59 Å². The molecule has 0 amide bonds. The van der Waals surface area contributed by atoms with Gasteiger partial charge in [0.2, 0.25) is 5.78 Å². The third-order valence-corrected chi connectivity index (χ3v) is 5.27. The van der Waals surface area contributed by atoms with Crippen molar-refractivity contribution in [3.63, 3.8) is 0 Å². The molecule has 1 aromatic heterocycles. The van der Waals surface area contributed by atoms with Gasteiger partial charge in [0.15, 0.2) is 5.76 Å². The number of ketones is 1. The Morgan fingerprint density at radius 2 is 1.85 bits per heavy atom. The van der Waals surface area contributed by atoms with Crippen LogP contribution in [-0.2, 0) is 16.6 Å². The molecule has 0 unspecified atom stereocenters. The smallest absolute Gasteiger partial charge is 0.311 e. The molecule has 0 saturated carbocycles. The Balaban J connectivity index is 1.40. The van der Waals surface area contributed by atoms with E-state index in [1.165, 1.54) is 12.7 Å². The summed E-state index contributed by atoms with van der Waals surface area (Å²) in [7, 11) is 1.49. The quantitative estimate of drug-likeness (QED) is 0.294. The van der Waals surface area contributed by atoms with Gasteiger partial charge in [-0.1, -0.05) is 45.0 Å². The zero-order valence-corrected chi connectivity index (χ0v) is 19.0. The monoisotopic (exact) mass is 447 g/mol. The van der Waals surface area contributed by atoms with Crippen molar-refractivity contribution < 1.29 is 28.3 Å². The first kappa shape index (κ1) is 22.3. The fraction of sp³-hybridized carbons (Fsp3) is 0.269. The molecule has 170 valence electrons. The lowest BCUT2D eigenvalue weighted by atomic mass is 9.86. The first-order chi connectivity index (χ1) is 15.7. The number of methoxy groups -OCH3 is 1. The number of esters is 1. The van der Waals surface area contributed by atoms with Crippen LogP contribution >= 0.6 is 0 Å². The SMILES string of the molecule is COc1cc(CCC(=O)Oc2ccc3c(c2)O/C(=C\c2ccc(C(C)(C)C)cc2)C3=O)on1. The van der Waals surface area contributed by atoms with Gasteiger partial charge in [0, 0.05) is 18.6 Å². The van der Waals surface area contributed by atoms with Crippen LogP contribution in [0.15, 0.2) is 58.8 Å². The molecule has 0 fully saturated rings. The van der Waals surface area contributed by atoms with Crippen LogP contribution in [0, 0.1) is 0 Å². The number of aryl methyl sites for hydroxylation is 1. The van der Waals surface area contributed by atoms with E-state index in [1.54, 1.807) is 30.3 Å². The second-order valence-electron chi connectivity index (χ2n) is 8.78. The summed E-state index contributed by atoms with van der Waals surface area (Å²) in [6, 6.07) is 14.4. The highest BCUT2D eigenvalue weighted by molar-refractivity contribution is 6.14. The summed E-state index contributed by atoms with van der Waals surface area (Å²) in [6.07, 6.45) is 2.15. The number of carbonyl (C=O) groups excluding carboxylic acids is 2. The van der Waals surface area contributed by atoms with Gasteiger partial charge in [0.1, 0.15) is 17.3 Å². The molecule has 0 N–H and O–H groups in total. The minimum absolute atomic E-state index is 0.0527. The third-order valence-electron chi connectivity index (χ3n) is 5.27. The molecule has 33 heavy (non-hydrogen) atoms. The number of Topliss-reactive ketones (excluding diaryl/α,β-unsaturated/α-hetero) is 1. The van der Waals surface area contributed by atoms with E-state index >= 15 is 0 Å². The first-order valence-corrected chi connectivity index (χ1v) is 10.6. The van der Waals surface area contributed by atoms with Crippen LogP contribution in [0.2, 0.25) is 0 Å². The highest BCUT2D eigenvalue weighted by Gasteiger charge is 2.28. The maximum absolute atomic E-state index is 12.7. The van der Waals surface area contributed by atoms with Crippen LogP contribution in [0.4, 0.5) is 0 Å². The lowest BCUT2D eigenvalue weighted by Gasteiger charge is -2.18. The van der Waals surface area contributed by atoms with Gasteiger partial charge in [0.25, 0.3) is 5.88 Å². The molecule has 0 aliphatic carbocycles. The molecule has 7 heteroatoms. The summed E-state index contributed by atoms with van der Waals surface area (Å²) < 4.78 is 21.2. The molecule has 0 radical (unpaired) electrons. The summed E-state index contributed by atoms with van der Waals surface area (Å²) in [5, 5.41) is 3.69. The topological polar surface area (TPSA) is 87.9 Å². The average Bonchev–Trinajstić information content (AvgIpc) is 3.36. The van der Waals surface area contributed by atoms with Crippen molar-refractivity contribution in [1.29, 1.82) is 0 Å². The number of benzene rings is 2. The number of allylic oxidation sites excluding steroid dienone is 1. The van der Waals surface area contributed by atoms with Gasteiger partial charge >= 0.3 is 5.97 Å². The predicted molar refractivity (Wildman–Crippen MR) is 122 cm³/mol. The molecular weight excluding hydrogens is 422 g/mol.